The topological polar surface area (TPSA) is 54.4 Å². The van der Waals surface area contributed by atoms with E-state index in [0.29, 0.717) is 0 Å². The van der Waals surface area contributed by atoms with Crippen molar-refractivity contribution in [3.63, 3.8) is 0 Å². The van der Waals surface area contributed by atoms with Crippen molar-refractivity contribution in [3.8, 4) is 0 Å². The highest BCUT2D eigenvalue weighted by Gasteiger charge is 2.11. The fraction of sp³-hybridized carbons (Fsp3) is 0.667. The molecule has 0 aliphatic heterocycles. The van der Waals surface area contributed by atoms with E-state index in [-0.39, 0.29) is 12.2 Å². The lowest BCUT2D eigenvalue weighted by Gasteiger charge is -1.99. The molecule has 9 heavy (non-hydrogen) atoms. The summed E-state index contributed by atoms with van der Waals surface area (Å²) in [4.78, 5) is 20.4. The Hall–Kier alpha value is -0.860. The predicted octanol–water partition coefficient (Wildman–Crippen LogP) is 0.686. The normalized spacial score (nSPS) is 12.7. The fourth-order valence-electron chi connectivity index (χ4n) is 0.518. The van der Waals surface area contributed by atoms with E-state index in [1.807, 2.05) is 0 Å². The molecule has 0 aromatic rings. The molecule has 3 heteroatoms. The Morgan fingerprint density at radius 3 is 2.11 bits per heavy atom. The van der Waals surface area contributed by atoms with Crippen LogP contribution in [0.25, 0.3) is 0 Å². The van der Waals surface area contributed by atoms with E-state index >= 15 is 0 Å². The maximum atomic E-state index is 10.3. The zero-order valence-corrected chi connectivity index (χ0v) is 5.55. The first-order valence-electron chi connectivity index (χ1n) is 2.76. The molecule has 0 aromatic carbocycles. The number of ketones is 1. The quantitative estimate of drug-likeness (QED) is 0.611. The average molecular weight is 130 g/mol. The van der Waals surface area contributed by atoms with Crippen molar-refractivity contribution in [2.45, 2.75) is 20.3 Å². The van der Waals surface area contributed by atoms with E-state index in [9.17, 15) is 9.59 Å². The minimum Gasteiger partial charge on any atom is -0.481 e. The van der Waals surface area contributed by atoms with E-state index < -0.39 is 11.9 Å². The van der Waals surface area contributed by atoms with Gasteiger partial charge in [0.1, 0.15) is 5.78 Å². The molecule has 0 radical (unpaired) electrons. The molecule has 1 N–H and O–H groups in total. The second-order valence-electron chi connectivity index (χ2n) is 2.15. The summed E-state index contributed by atoms with van der Waals surface area (Å²) >= 11 is 0. The van der Waals surface area contributed by atoms with Crippen LogP contribution >= 0.6 is 0 Å². The molecule has 0 spiro atoms. The molecule has 0 aromatic heterocycles. The number of Topliss-reactive ketones (excluding diaryl/α,β-unsaturated/α-hetero) is 1. The van der Waals surface area contributed by atoms with Crippen molar-refractivity contribution < 1.29 is 14.7 Å². The highest BCUT2D eigenvalue weighted by Crippen LogP contribution is 2.00. The molecule has 0 fully saturated rings. The molecule has 0 amide bonds. The zero-order chi connectivity index (χ0) is 7.44. The number of hydrogen-bond donors (Lipinski definition) is 1. The molecule has 0 saturated heterocycles. The molecular formula is C6H10O3. The summed E-state index contributed by atoms with van der Waals surface area (Å²) in [5.41, 5.74) is 0. The Morgan fingerprint density at radius 2 is 2.00 bits per heavy atom. The Morgan fingerprint density at radius 1 is 1.56 bits per heavy atom. The van der Waals surface area contributed by atoms with Gasteiger partial charge in [-0.25, -0.2) is 0 Å². The molecule has 0 bridgehead atoms. The summed E-state index contributed by atoms with van der Waals surface area (Å²) in [7, 11) is 0. The Bertz CT molecular complexity index is 128. The summed E-state index contributed by atoms with van der Waals surface area (Å²) in [5, 5.41) is 8.28. The van der Waals surface area contributed by atoms with E-state index in [0.717, 1.165) is 0 Å². The minimum absolute atomic E-state index is 0.0788. The van der Waals surface area contributed by atoms with Crippen molar-refractivity contribution in [2.75, 3.05) is 0 Å². The lowest BCUT2D eigenvalue weighted by atomic mass is 10.1. The monoisotopic (exact) mass is 130 g/mol. The van der Waals surface area contributed by atoms with Crippen molar-refractivity contribution in [1.82, 2.24) is 0 Å². The van der Waals surface area contributed by atoms with Crippen LogP contribution in [0.1, 0.15) is 20.3 Å². The van der Waals surface area contributed by atoms with Gasteiger partial charge in [-0.15, -0.1) is 0 Å². The largest absolute Gasteiger partial charge is 0.481 e. The van der Waals surface area contributed by atoms with Crippen LogP contribution in [-0.2, 0) is 9.59 Å². The summed E-state index contributed by atoms with van der Waals surface area (Å²) < 4.78 is 0. The van der Waals surface area contributed by atoms with Gasteiger partial charge >= 0.3 is 5.97 Å². The molecular weight excluding hydrogens is 120 g/mol. The van der Waals surface area contributed by atoms with Crippen molar-refractivity contribution >= 4 is 11.8 Å². The zero-order valence-electron chi connectivity index (χ0n) is 5.55. The van der Waals surface area contributed by atoms with E-state index in [1.54, 1.807) is 0 Å². The van der Waals surface area contributed by atoms with Gasteiger partial charge in [-0.1, -0.05) is 6.92 Å². The maximum Gasteiger partial charge on any atom is 0.306 e. The van der Waals surface area contributed by atoms with Crippen LogP contribution < -0.4 is 0 Å². The highest BCUT2D eigenvalue weighted by molar-refractivity contribution is 5.81. The minimum atomic E-state index is -0.912. The highest BCUT2D eigenvalue weighted by atomic mass is 16.4. The SMILES string of the molecule is CC(=O)CC(C)C(=O)O. The van der Waals surface area contributed by atoms with E-state index in [4.69, 9.17) is 5.11 Å². The van der Waals surface area contributed by atoms with Gasteiger partial charge in [0.25, 0.3) is 0 Å². The first kappa shape index (κ1) is 8.14. The maximum absolute atomic E-state index is 10.3. The number of hydrogen-bond acceptors (Lipinski definition) is 2. The molecule has 1 unspecified atom stereocenters. The van der Waals surface area contributed by atoms with E-state index in [1.165, 1.54) is 13.8 Å². The Kier molecular flexibility index (Phi) is 2.91. The molecule has 3 nitrogen and oxygen atoms in total. The summed E-state index contributed by atoms with van der Waals surface area (Å²) in [6.07, 6.45) is 0.134. The average Bonchev–Trinajstić information content (AvgIpc) is 1.63. The summed E-state index contributed by atoms with van der Waals surface area (Å²) in [6.45, 7) is 2.91. The number of rotatable bonds is 3. The van der Waals surface area contributed by atoms with Gasteiger partial charge in [0.05, 0.1) is 5.92 Å². The molecule has 0 aliphatic carbocycles. The van der Waals surface area contributed by atoms with Gasteiger partial charge < -0.3 is 9.90 Å². The lowest BCUT2D eigenvalue weighted by Crippen LogP contribution is -2.12. The summed E-state index contributed by atoms with van der Waals surface area (Å²) in [6, 6.07) is 0. The van der Waals surface area contributed by atoms with Gasteiger partial charge in [-0.3, -0.25) is 4.79 Å². The molecule has 0 heterocycles. The molecule has 0 rings (SSSR count). The second-order valence-corrected chi connectivity index (χ2v) is 2.15. The van der Waals surface area contributed by atoms with Gasteiger partial charge in [0.15, 0.2) is 0 Å². The summed E-state index contributed by atoms with van der Waals surface area (Å²) in [5.74, 6) is -1.53. The van der Waals surface area contributed by atoms with Crippen LogP contribution in [0.4, 0.5) is 0 Å². The van der Waals surface area contributed by atoms with Gasteiger partial charge in [0.2, 0.25) is 0 Å². The number of carboxylic acid groups (broad SMARTS) is 1. The van der Waals surface area contributed by atoms with Gasteiger partial charge in [-0.05, 0) is 6.92 Å². The van der Waals surface area contributed by atoms with Crippen molar-refractivity contribution in [1.29, 1.82) is 0 Å². The van der Waals surface area contributed by atoms with Crippen LogP contribution in [0.3, 0.4) is 0 Å². The molecule has 52 valence electrons. The van der Waals surface area contributed by atoms with Crippen LogP contribution in [0.5, 0.6) is 0 Å². The molecule has 1 atom stereocenters. The standard InChI is InChI=1S/C6H10O3/c1-4(6(8)9)3-5(2)7/h4H,3H2,1-2H3,(H,8,9). The first-order chi connectivity index (χ1) is 4.04. The Balaban J connectivity index is 3.63. The van der Waals surface area contributed by atoms with Crippen molar-refractivity contribution in [2.24, 2.45) is 5.92 Å². The molecule has 0 aliphatic rings. The van der Waals surface area contributed by atoms with Crippen LogP contribution in [0.15, 0.2) is 0 Å². The number of aliphatic carboxylic acids is 1. The number of carboxylic acids is 1. The van der Waals surface area contributed by atoms with Crippen molar-refractivity contribution in [3.05, 3.63) is 0 Å². The lowest BCUT2D eigenvalue weighted by molar-refractivity contribution is -0.142. The van der Waals surface area contributed by atoms with Crippen LogP contribution in [0.2, 0.25) is 0 Å². The third-order valence-corrected chi connectivity index (χ3v) is 1.02. The number of carbonyl (C=O) groups excluding carboxylic acids is 1. The van der Waals surface area contributed by atoms with Crippen LogP contribution in [-0.4, -0.2) is 16.9 Å². The Labute approximate surface area is 53.7 Å². The smallest absolute Gasteiger partial charge is 0.306 e. The third kappa shape index (κ3) is 3.70. The third-order valence-electron chi connectivity index (χ3n) is 1.02. The number of carbonyl (C=O) groups is 2. The molecule has 0 saturated carbocycles. The first-order valence-corrected chi connectivity index (χ1v) is 2.76. The predicted molar refractivity (Wildman–Crippen MR) is 32.1 cm³/mol. The van der Waals surface area contributed by atoms with Crippen LogP contribution in [0, 0.1) is 5.92 Å². The van der Waals surface area contributed by atoms with E-state index in [2.05, 4.69) is 0 Å². The van der Waals surface area contributed by atoms with Gasteiger partial charge in [-0.2, -0.15) is 0 Å². The fourth-order valence-corrected chi connectivity index (χ4v) is 0.518. The second kappa shape index (κ2) is 3.22. The van der Waals surface area contributed by atoms with Gasteiger partial charge in [0, 0.05) is 6.42 Å².